The molecule has 0 amide bonds. The van der Waals surface area contributed by atoms with E-state index in [0.29, 0.717) is 15.1 Å². The molecule has 0 spiro atoms. The fraction of sp³-hybridized carbons (Fsp3) is 0.444. The van der Waals surface area contributed by atoms with Gasteiger partial charge in [-0.2, -0.15) is 0 Å². The molecule has 23 heavy (non-hydrogen) atoms. The molecule has 120 valence electrons. The Hall–Kier alpha value is -1.72. The van der Waals surface area contributed by atoms with Crippen LogP contribution in [0.1, 0.15) is 25.7 Å². The van der Waals surface area contributed by atoms with E-state index in [1.807, 2.05) is 12.2 Å². The molecule has 2 atom stereocenters. The van der Waals surface area contributed by atoms with Crippen LogP contribution in [0.15, 0.2) is 28.6 Å². The zero-order valence-corrected chi connectivity index (χ0v) is 13.6. The average Bonchev–Trinajstić information content (AvgIpc) is 3.34. The molecule has 1 N–H and O–H groups in total. The average molecular weight is 329 g/mol. The summed E-state index contributed by atoms with van der Waals surface area (Å²) in [6.07, 6.45) is 14.1. The molecule has 0 aromatic carbocycles. The lowest BCUT2D eigenvalue weighted by molar-refractivity contribution is -0.114. The second-order valence-corrected chi connectivity index (χ2v) is 7.50. The summed E-state index contributed by atoms with van der Waals surface area (Å²) in [7, 11) is 0. The molecule has 1 aliphatic heterocycles. The Kier molecular flexibility index (Phi) is 3.91. The van der Waals surface area contributed by atoms with E-state index in [1.165, 1.54) is 11.3 Å². The van der Waals surface area contributed by atoms with Gasteiger partial charge in [0.1, 0.15) is 0 Å². The normalized spacial score (nSPS) is 28.6. The Morgan fingerprint density at radius 3 is 3.04 bits per heavy atom. The molecule has 2 unspecified atom stereocenters. The van der Waals surface area contributed by atoms with Crippen LogP contribution in [-0.2, 0) is 9.53 Å². The number of nitrogens with one attached hydrogen (secondary N) is 1. The van der Waals surface area contributed by atoms with Gasteiger partial charge in [0, 0.05) is 24.5 Å². The first-order valence-electron chi connectivity index (χ1n) is 8.17. The molecule has 0 bridgehead atoms. The molecular formula is C18H19NO3S. The number of carbonyl (C=O) groups is 1. The van der Waals surface area contributed by atoms with Crippen molar-refractivity contribution in [1.29, 1.82) is 0 Å². The summed E-state index contributed by atoms with van der Waals surface area (Å²) in [5.74, 6) is 0.717. The van der Waals surface area contributed by atoms with Gasteiger partial charge in [-0.15, -0.1) is 11.3 Å². The van der Waals surface area contributed by atoms with Crippen LogP contribution in [0.25, 0.3) is 12.2 Å². The van der Waals surface area contributed by atoms with Crippen LogP contribution in [0.2, 0.25) is 0 Å². The summed E-state index contributed by atoms with van der Waals surface area (Å²) in [5, 5.41) is 0. The summed E-state index contributed by atoms with van der Waals surface area (Å²) in [6.45, 7) is 0.831. The highest BCUT2D eigenvalue weighted by Gasteiger charge is 2.27. The summed E-state index contributed by atoms with van der Waals surface area (Å²) in [4.78, 5) is 26.7. The first-order chi connectivity index (χ1) is 11.2. The van der Waals surface area contributed by atoms with Gasteiger partial charge >= 0.3 is 0 Å². The minimum atomic E-state index is -0.124. The molecule has 1 aromatic heterocycles. The third kappa shape index (κ3) is 3.31. The second-order valence-electron chi connectivity index (χ2n) is 6.42. The number of fused-ring (bicyclic) bond motifs is 1. The predicted molar refractivity (Wildman–Crippen MR) is 90.5 cm³/mol. The maximum Gasteiger partial charge on any atom is 0.266 e. The number of hydrogen-bond acceptors (Lipinski definition) is 4. The predicted octanol–water partition coefficient (Wildman–Crippen LogP) is 1.27. The minimum Gasteiger partial charge on any atom is -0.374 e. The fourth-order valence-corrected chi connectivity index (χ4v) is 3.99. The van der Waals surface area contributed by atoms with Gasteiger partial charge in [-0.3, -0.25) is 9.59 Å². The molecule has 2 aliphatic carbocycles. The highest BCUT2D eigenvalue weighted by Crippen LogP contribution is 2.30. The third-order valence-corrected chi connectivity index (χ3v) is 5.49. The first kappa shape index (κ1) is 14.8. The SMILES string of the molecule is O=C(/C=c1\[nH]c(=O)/c(=C/C2=CC3CCCOC3C=C2)s1)C1CC1. The Morgan fingerprint density at radius 2 is 2.22 bits per heavy atom. The van der Waals surface area contributed by atoms with E-state index in [-0.39, 0.29) is 23.4 Å². The van der Waals surface area contributed by atoms with Crippen molar-refractivity contribution in [3.05, 3.63) is 43.4 Å². The van der Waals surface area contributed by atoms with E-state index in [1.54, 1.807) is 6.08 Å². The monoisotopic (exact) mass is 329 g/mol. The van der Waals surface area contributed by atoms with Gasteiger partial charge in [-0.05, 0) is 37.3 Å². The standard InChI is InChI=1S/C18H19NO3S/c20-14(12-4-5-12)10-17-19-18(21)16(23-17)9-11-3-6-15-13(8-11)2-1-7-22-15/h3,6,8-10,12-13,15H,1-2,4-5,7H2,(H,19,21)/b16-9-,17-10+. The largest absolute Gasteiger partial charge is 0.374 e. The molecule has 4 rings (SSSR count). The van der Waals surface area contributed by atoms with Crippen molar-refractivity contribution in [2.45, 2.75) is 31.8 Å². The second kappa shape index (κ2) is 6.06. The summed E-state index contributed by atoms with van der Waals surface area (Å²) in [5.41, 5.74) is 0.922. The number of allylic oxidation sites excluding steroid dienone is 2. The lowest BCUT2D eigenvalue weighted by atomic mass is 9.88. The fourth-order valence-electron chi connectivity index (χ4n) is 3.10. The smallest absolute Gasteiger partial charge is 0.266 e. The highest BCUT2D eigenvalue weighted by molar-refractivity contribution is 7.07. The lowest BCUT2D eigenvalue weighted by Gasteiger charge is -2.30. The Balaban J connectivity index is 1.62. The molecule has 1 aromatic rings. The van der Waals surface area contributed by atoms with Crippen molar-refractivity contribution in [2.75, 3.05) is 6.61 Å². The summed E-state index contributed by atoms with van der Waals surface area (Å²) >= 11 is 1.35. The third-order valence-electron chi connectivity index (χ3n) is 4.53. The molecule has 5 heteroatoms. The van der Waals surface area contributed by atoms with Gasteiger partial charge in [0.05, 0.1) is 15.3 Å². The summed E-state index contributed by atoms with van der Waals surface area (Å²) < 4.78 is 7.02. The van der Waals surface area contributed by atoms with E-state index in [2.05, 4.69) is 17.1 Å². The molecule has 2 fully saturated rings. The van der Waals surface area contributed by atoms with E-state index < -0.39 is 0 Å². The van der Waals surface area contributed by atoms with Crippen molar-refractivity contribution in [2.24, 2.45) is 11.8 Å². The molecule has 0 radical (unpaired) electrons. The van der Waals surface area contributed by atoms with Gasteiger partial charge < -0.3 is 9.72 Å². The maximum absolute atomic E-state index is 12.1. The number of rotatable bonds is 3. The molecular weight excluding hydrogens is 310 g/mol. The highest BCUT2D eigenvalue weighted by atomic mass is 32.1. The van der Waals surface area contributed by atoms with Crippen LogP contribution in [0.3, 0.4) is 0 Å². The number of carbonyl (C=O) groups excluding carboxylic acids is 1. The van der Waals surface area contributed by atoms with Gasteiger partial charge in [0.2, 0.25) is 0 Å². The number of aromatic nitrogens is 1. The Labute approximate surface area is 137 Å². The number of ketones is 1. The van der Waals surface area contributed by atoms with Gasteiger partial charge in [-0.1, -0.05) is 18.2 Å². The van der Waals surface area contributed by atoms with Crippen LogP contribution < -0.4 is 14.8 Å². The van der Waals surface area contributed by atoms with Crippen LogP contribution in [0.4, 0.5) is 0 Å². The van der Waals surface area contributed by atoms with Crippen molar-refractivity contribution < 1.29 is 9.53 Å². The van der Waals surface area contributed by atoms with E-state index in [0.717, 1.165) is 37.9 Å². The number of aromatic amines is 1. The van der Waals surface area contributed by atoms with Crippen molar-refractivity contribution in [3.8, 4) is 0 Å². The molecule has 4 nitrogen and oxygen atoms in total. The molecule has 1 saturated carbocycles. The first-order valence-corrected chi connectivity index (χ1v) is 8.99. The van der Waals surface area contributed by atoms with Gasteiger partial charge in [0.25, 0.3) is 5.56 Å². The van der Waals surface area contributed by atoms with Crippen molar-refractivity contribution >= 4 is 29.3 Å². The quantitative estimate of drug-likeness (QED) is 0.908. The zero-order valence-electron chi connectivity index (χ0n) is 12.8. The van der Waals surface area contributed by atoms with E-state index in [9.17, 15) is 9.59 Å². The minimum absolute atomic E-state index is 0.124. The van der Waals surface area contributed by atoms with Gasteiger partial charge in [-0.25, -0.2) is 0 Å². The number of ether oxygens (including phenoxy) is 1. The molecule has 2 heterocycles. The zero-order chi connectivity index (χ0) is 15.8. The molecule has 1 saturated heterocycles. The van der Waals surface area contributed by atoms with Crippen LogP contribution in [-0.4, -0.2) is 23.5 Å². The van der Waals surface area contributed by atoms with E-state index in [4.69, 9.17) is 4.74 Å². The number of thiazole rings is 1. The van der Waals surface area contributed by atoms with E-state index >= 15 is 0 Å². The number of H-pyrrole nitrogens is 1. The topological polar surface area (TPSA) is 59.2 Å². The number of Topliss-reactive ketones (excluding diaryl/α,β-unsaturated/α-hetero) is 1. The lowest BCUT2D eigenvalue weighted by Crippen LogP contribution is -2.28. The van der Waals surface area contributed by atoms with Gasteiger partial charge in [0.15, 0.2) is 5.78 Å². The Bertz CT molecular complexity index is 854. The summed E-state index contributed by atoms with van der Waals surface area (Å²) in [6, 6.07) is 0. The van der Waals surface area contributed by atoms with Crippen molar-refractivity contribution in [3.63, 3.8) is 0 Å². The van der Waals surface area contributed by atoms with Crippen molar-refractivity contribution in [1.82, 2.24) is 4.98 Å². The maximum atomic E-state index is 12.1. The van der Waals surface area contributed by atoms with Crippen LogP contribution in [0, 0.1) is 11.8 Å². The Morgan fingerprint density at radius 1 is 1.35 bits per heavy atom. The number of hydrogen-bond donors (Lipinski definition) is 1. The van der Waals surface area contributed by atoms with Crippen LogP contribution in [0.5, 0.6) is 0 Å². The van der Waals surface area contributed by atoms with Crippen LogP contribution >= 0.6 is 11.3 Å². The molecule has 3 aliphatic rings.